The van der Waals surface area contributed by atoms with Crippen LogP contribution in [0.1, 0.15) is 5.56 Å². The standard InChI is InChI=1S/C7H7.BrH.FH.Zn/c1-7-5-3-2-4-6-7;;;/h2-6H,1H2;2*1H;/q;;;+1/p-1. The van der Waals surface area contributed by atoms with Gasteiger partial charge in [-0.3, -0.25) is 0 Å². The molecule has 0 saturated carbocycles. The predicted molar refractivity (Wildman–Crippen MR) is 41.6 cm³/mol. The summed E-state index contributed by atoms with van der Waals surface area (Å²) in [6.07, 6.45) is 0. The van der Waals surface area contributed by atoms with E-state index in [0.29, 0.717) is 0 Å². The van der Waals surface area contributed by atoms with Gasteiger partial charge in [-0.05, 0) is 0 Å². The fourth-order valence-electron chi connectivity index (χ4n) is 0.754. The van der Waals surface area contributed by atoms with Crippen LogP contribution >= 0.6 is 17.0 Å². The quantitative estimate of drug-likeness (QED) is 0.714. The first-order valence-electron chi connectivity index (χ1n) is 3.03. The van der Waals surface area contributed by atoms with Crippen LogP contribution in [-0.4, -0.2) is 0 Å². The summed E-state index contributed by atoms with van der Waals surface area (Å²) in [5.74, 6) is 0. The molecule has 10 heavy (non-hydrogen) atoms. The van der Waals surface area contributed by atoms with Gasteiger partial charge in [-0.1, -0.05) is 0 Å². The zero-order valence-corrected chi connectivity index (χ0v) is 10.3. The monoisotopic (exact) mass is 254 g/mol. The van der Waals surface area contributed by atoms with E-state index in [4.69, 9.17) is 0 Å². The summed E-state index contributed by atoms with van der Waals surface area (Å²) < 4.78 is 11.9. The molecule has 0 aromatic heterocycles. The molecule has 0 aliphatic heterocycles. The third-order valence-electron chi connectivity index (χ3n) is 1.23. The second-order valence-corrected chi connectivity index (χ2v) is 3.77. The Labute approximate surface area is 78.8 Å². The summed E-state index contributed by atoms with van der Waals surface area (Å²) in [5, 5.41) is 0.730. The third kappa shape index (κ3) is 3.43. The molecule has 0 aliphatic rings. The molecule has 0 heterocycles. The van der Waals surface area contributed by atoms with Crippen molar-refractivity contribution in [3.63, 3.8) is 0 Å². The van der Waals surface area contributed by atoms with Crippen molar-refractivity contribution >= 4 is 17.0 Å². The van der Waals surface area contributed by atoms with Gasteiger partial charge in [0.25, 0.3) is 0 Å². The van der Waals surface area contributed by atoms with Crippen molar-refractivity contribution in [2.75, 3.05) is 0 Å². The van der Waals surface area contributed by atoms with Gasteiger partial charge >= 0.3 is 61.9 Å². The normalized spacial score (nSPS) is 7.70. The molecule has 0 nitrogen and oxygen atoms in total. The van der Waals surface area contributed by atoms with Crippen LogP contribution in [0.15, 0.2) is 30.3 Å². The van der Waals surface area contributed by atoms with Crippen molar-refractivity contribution in [3.05, 3.63) is 35.9 Å². The van der Waals surface area contributed by atoms with E-state index < -0.39 is 17.6 Å². The molecule has 0 aliphatic carbocycles. The molecule has 0 N–H and O–H groups in total. The van der Waals surface area contributed by atoms with Crippen LogP contribution in [0.25, 0.3) is 0 Å². The zero-order valence-electron chi connectivity index (χ0n) is 5.59. The molecular formula is C7H8BrFZn. The Bertz CT molecular complexity index is 167. The maximum absolute atomic E-state index is 11.9. The van der Waals surface area contributed by atoms with E-state index in [2.05, 4.69) is 0 Å². The summed E-state index contributed by atoms with van der Waals surface area (Å²) in [6, 6.07) is 9.81. The van der Waals surface area contributed by atoms with Gasteiger partial charge in [0.2, 0.25) is 0 Å². The molecule has 52 valence electrons. The first kappa shape index (κ1) is 10.3. The van der Waals surface area contributed by atoms with Gasteiger partial charge in [-0.25, -0.2) is 0 Å². The number of halogens is 2. The zero-order chi connectivity index (χ0) is 6.53. The molecule has 0 unspecified atom stereocenters. The Hall–Kier alpha value is 0.253. The van der Waals surface area contributed by atoms with Gasteiger partial charge in [0.05, 0.1) is 0 Å². The molecule has 3 heteroatoms. The molecule has 1 rings (SSSR count). The van der Waals surface area contributed by atoms with Crippen LogP contribution in [0.5, 0.6) is 0 Å². The first-order valence-corrected chi connectivity index (χ1v) is 6.25. The summed E-state index contributed by atoms with van der Waals surface area (Å²) in [6.45, 7) is 0. The van der Waals surface area contributed by atoms with Gasteiger partial charge in [-0.15, -0.1) is 17.0 Å². The number of hydrogen-bond donors (Lipinski definition) is 0. The van der Waals surface area contributed by atoms with E-state index in [0.717, 1.165) is 10.6 Å². The first-order chi connectivity index (χ1) is 4.43. The Morgan fingerprint density at radius 2 is 1.80 bits per heavy atom. The molecular weight excluding hydrogens is 248 g/mol. The van der Waals surface area contributed by atoms with Crippen LogP contribution in [0.3, 0.4) is 0 Å². The van der Waals surface area contributed by atoms with Crippen molar-refractivity contribution < 1.29 is 20.9 Å². The molecule has 0 fully saturated rings. The fraction of sp³-hybridized carbons (Fsp3) is 0.143. The molecule has 0 atom stereocenters. The molecule has 0 saturated heterocycles. The molecule has 1 aromatic rings. The van der Waals surface area contributed by atoms with Gasteiger partial charge in [0, 0.05) is 0 Å². The van der Waals surface area contributed by atoms with Crippen LogP contribution in [0.4, 0.5) is 3.32 Å². The molecule has 0 bridgehead atoms. The Balaban J connectivity index is 0.000000810. The van der Waals surface area contributed by atoms with E-state index in [9.17, 15) is 3.32 Å². The SMILES string of the molecule is Br.[F][Zn][CH2]c1ccccc1. The molecule has 0 spiro atoms. The average Bonchev–Trinajstić information content (AvgIpc) is 1.91. The fourth-order valence-corrected chi connectivity index (χ4v) is 1.91. The maximum atomic E-state index is 11.9. The van der Waals surface area contributed by atoms with Crippen LogP contribution in [0, 0.1) is 0 Å². The Kier molecular flexibility index (Phi) is 6.15. The summed E-state index contributed by atoms with van der Waals surface area (Å²) in [7, 11) is 0. The molecule has 1 aromatic carbocycles. The minimum absolute atomic E-state index is 0. The van der Waals surface area contributed by atoms with E-state index in [1.54, 1.807) is 0 Å². The van der Waals surface area contributed by atoms with E-state index in [1.165, 1.54) is 0 Å². The Morgan fingerprint density at radius 1 is 1.20 bits per heavy atom. The number of rotatable bonds is 2. The summed E-state index contributed by atoms with van der Waals surface area (Å²) in [4.78, 5) is 0. The van der Waals surface area contributed by atoms with Crippen LogP contribution in [-0.2, 0) is 22.6 Å². The summed E-state index contributed by atoms with van der Waals surface area (Å²) in [5.41, 5.74) is 1.15. The van der Waals surface area contributed by atoms with Gasteiger partial charge in [-0.2, -0.15) is 0 Å². The molecule has 0 amide bonds. The topological polar surface area (TPSA) is 0 Å². The summed E-state index contributed by atoms with van der Waals surface area (Å²) >= 11 is -1.64. The molecule has 0 radical (unpaired) electrons. The van der Waals surface area contributed by atoms with Crippen molar-refractivity contribution in [1.82, 2.24) is 0 Å². The second-order valence-electron chi connectivity index (χ2n) is 1.92. The number of benzene rings is 1. The van der Waals surface area contributed by atoms with Crippen LogP contribution < -0.4 is 0 Å². The van der Waals surface area contributed by atoms with Crippen molar-refractivity contribution in [3.8, 4) is 0 Å². The van der Waals surface area contributed by atoms with Crippen molar-refractivity contribution in [2.24, 2.45) is 0 Å². The minimum atomic E-state index is -1.64. The number of hydrogen-bond acceptors (Lipinski definition) is 0. The van der Waals surface area contributed by atoms with Gasteiger partial charge in [0.15, 0.2) is 0 Å². The second kappa shape index (κ2) is 6.00. The third-order valence-corrected chi connectivity index (χ3v) is 2.83. The van der Waals surface area contributed by atoms with E-state index >= 15 is 0 Å². The van der Waals surface area contributed by atoms with Crippen LogP contribution in [0.2, 0.25) is 0 Å². The Morgan fingerprint density at radius 3 is 2.30 bits per heavy atom. The predicted octanol–water partition coefficient (Wildman–Crippen LogP) is 2.73. The van der Waals surface area contributed by atoms with E-state index in [-0.39, 0.29) is 17.0 Å². The van der Waals surface area contributed by atoms with Gasteiger partial charge in [0.1, 0.15) is 0 Å². The van der Waals surface area contributed by atoms with Crippen molar-refractivity contribution in [2.45, 2.75) is 5.02 Å². The van der Waals surface area contributed by atoms with E-state index in [1.807, 2.05) is 30.3 Å². The van der Waals surface area contributed by atoms with Gasteiger partial charge < -0.3 is 0 Å². The average molecular weight is 256 g/mol. The van der Waals surface area contributed by atoms with Crippen molar-refractivity contribution in [1.29, 1.82) is 0 Å².